The predicted octanol–water partition coefficient (Wildman–Crippen LogP) is 3.14. The van der Waals surface area contributed by atoms with Gasteiger partial charge in [-0.2, -0.15) is 0 Å². The fourth-order valence-corrected chi connectivity index (χ4v) is 2.25. The Kier molecular flexibility index (Phi) is 2.94. The maximum atomic E-state index is 11.5. The van der Waals surface area contributed by atoms with E-state index in [1.807, 2.05) is 13.8 Å². The minimum Gasteiger partial charge on any atom is -0.483 e. The van der Waals surface area contributed by atoms with Crippen LogP contribution >= 0.6 is 0 Å². The molecule has 2 aliphatic rings. The van der Waals surface area contributed by atoms with Gasteiger partial charge >= 0.3 is 0 Å². The average molecular weight is 206 g/mol. The van der Waals surface area contributed by atoms with E-state index in [1.54, 1.807) is 0 Å². The van der Waals surface area contributed by atoms with E-state index in [2.05, 4.69) is 6.08 Å². The molecular weight excluding hydrogens is 188 g/mol. The number of Topliss-reactive ketones (excluding diaryl/α,β-unsaturated/α-hetero) is 1. The largest absolute Gasteiger partial charge is 0.483 e. The Morgan fingerprint density at radius 2 is 2.13 bits per heavy atom. The molecule has 0 N–H and O–H groups in total. The smallest absolute Gasteiger partial charge is 0.197 e. The number of carbonyl (C=O) groups excluding carboxylic acids is 1. The maximum absolute atomic E-state index is 11.5. The normalized spacial score (nSPS) is 23.3. The minimum absolute atomic E-state index is 0.0829. The molecular formula is C13H18O2. The van der Waals surface area contributed by atoms with Crippen LogP contribution in [-0.2, 0) is 9.53 Å². The predicted molar refractivity (Wildman–Crippen MR) is 59.4 cm³/mol. The molecule has 2 rings (SSSR count). The molecule has 0 aromatic rings. The Balaban J connectivity index is 2.02. The Labute approximate surface area is 91.0 Å². The van der Waals surface area contributed by atoms with Crippen LogP contribution in [0.4, 0.5) is 0 Å². The molecule has 0 radical (unpaired) electrons. The van der Waals surface area contributed by atoms with Crippen molar-refractivity contribution >= 4 is 5.78 Å². The number of hydrogen-bond donors (Lipinski definition) is 0. The third-order valence-electron chi connectivity index (χ3n) is 3.26. The van der Waals surface area contributed by atoms with Gasteiger partial charge in [-0.05, 0) is 50.7 Å². The van der Waals surface area contributed by atoms with Crippen molar-refractivity contribution < 1.29 is 9.53 Å². The third kappa shape index (κ3) is 2.14. The van der Waals surface area contributed by atoms with Gasteiger partial charge in [0.1, 0.15) is 6.10 Å². The Morgan fingerprint density at radius 1 is 1.33 bits per heavy atom. The molecule has 0 heterocycles. The first-order valence-corrected chi connectivity index (χ1v) is 5.77. The number of ketones is 1. The second-order valence-electron chi connectivity index (χ2n) is 4.46. The quantitative estimate of drug-likeness (QED) is 0.663. The molecule has 0 spiro atoms. The molecule has 82 valence electrons. The monoisotopic (exact) mass is 206 g/mol. The average Bonchev–Trinajstić information content (AvgIpc) is 2.82. The van der Waals surface area contributed by atoms with Crippen molar-refractivity contribution in [3.8, 4) is 0 Å². The highest BCUT2D eigenvalue weighted by molar-refractivity contribution is 5.96. The van der Waals surface area contributed by atoms with Gasteiger partial charge < -0.3 is 4.74 Å². The summed E-state index contributed by atoms with van der Waals surface area (Å²) in [5, 5.41) is 0. The van der Waals surface area contributed by atoms with Crippen LogP contribution in [0.2, 0.25) is 0 Å². The summed E-state index contributed by atoms with van der Waals surface area (Å²) in [6.45, 7) is 4.04. The zero-order chi connectivity index (χ0) is 10.8. The molecule has 2 nitrogen and oxygen atoms in total. The molecule has 1 atom stereocenters. The lowest BCUT2D eigenvalue weighted by Crippen LogP contribution is -2.13. The van der Waals surface area contributed by atoms with Gasteiger partial charge in [-0.1, -0.05) is 6.08 Å². The number of ether oxygens (including phenoxy) is 1. The molecule has 0 saturated heterocycles. The van der Waals surface area contributed by atoms with Crippen molar-refractivity contribution in [1.82, 2.24) is 0 Å². The van der Waals surface area contributed by atoms with Crippen molar-refractivity contribution in [2.45, 2.75) is 52.1 Å². The van der Waals surface area contributed by atoms with Crippen LogP contribution < -0.4 is 0 Å². The van der Waals surface area contributed by atoms with E-state index in [0.717, 1.165) is 24.8 Å². The van der Waals surface area contributed by atoms with Crippen LogP contribution in [0.15, 0.2) is 23.0 Å². The third-order valence-corrected chi connectivity index (χ3v) is 3.26. The highest BCUT2D eigenvalue weighted by Gasteiger charge is 2.25. The van der Waals surface area contributed by atoms with Crippen molar-refractivity contribution in [3.63, 3.8) is 0 Å². The molecule has 0 saturated carbocycles. The number of hydrogen-bond acceptors (Lipinski definition) is 2. The molecule has 2 heteroatoms. The lowest BCUT2D eigenvalue weighted by molar-refractivity contribution is -0.118. The number of carbonyl (C=O) groups is 1. The topological polar surface area (TPSA) is 26.3 Å². The summed E-state index contributed by atoms with van der Waals surface area (Å²) in [7, 11) is 0. The molecule has 0 unspecified atom stereocenters. The van der Waals surface area contributed by atoms with Gasteiger partial charge in [0.15, 0.2) is 11.5 Å². The van der Waals surface area contributed by atoms with Crippen LogP contribution in [0.1, 0.15) is 46.0 Å². The minimum atomic E-state index is 0.0829. The lowest BCUT2D eigenvalue weighted by atomic mass is 10.1. The van der Waals surface area contributed by atoms with E-state index in [-0.39, 0.29) is 11.9 Å². The Hall–Kier alpha value is -1.05. The van der Waals surface area contributed by atoms with Crippen LogP contribution in [0.3, 0.4) is 0 Å². The van der Waals surface area contributed by atoms with Crippen molar-refractivity contribution in [2.75, 3.05) is 0 Å². The molecule has 15 heavy (non-hydrogen) atoms. The van der Waals surface area contributed by atoms with Crippen LogP contribution in [-0.4, -0.2) is 11.9 Å². The van der Waals surface area contributed by atoms with E-state index >= 15 is 0 Å². The van der Waals surface area contributed by atoms with Gasteiger partial charge in [0.05, 0.1) is 0 Å². The standard InChI is InChI=1S/C13H18O2/c1-9-7-8-12(14)13(9)15-10(2)11-5-3-4-6-11/h5,10H,3-4,6-8H2,1-2H3/t10-/m1/s1. The van der Waals surface area contributed by atoms with Crippen LogP contribution in [0, 0.1) is 0 Å². The summed E-state index contributed by atoms with van der Waals surface area (Å²) in [6, 6.07) is 0. The van der Waals surface area contributed by atoms with E-state index in [9.17, 15) is 4.79 Å². The molecule has 0 aromatic carbocycles. The Morgan fingerprint density at radius 3 is 2.67 bits per heavy atom. The summed E-state index contributed by atoms with van der Waals surface area (Å²) < 4.78 is 5.78. The van der Waals surface area contributed by atoms with Gasteiger partial charge in [-0.25, -0.2) is 0 Å². The Bertz CT molecular complexity index is 336. The highest BCUT2D eigenvalue weighted by atomic mass is 16.5. The van der Waals surface area contributed by atoms with Crippen LogP contribution in [0.5, 0.6) is 0 Å². The highest BCUT2D eigenvalue weighted by Crippen LogP contribution is 2.28. The van der Waals surface area contributed by atoms with Gasteiger partial charge in [0, 0.05) is 6.42 Å². The zero-order valence-electron chi connectivity index (χ0n) is 9.51. The van der Waals surface area contributed by atoms with Gasteiger partial charge in [-0.15, -0.1) is 0 Å². The number of rotatable bonds is 3. The first-order chi connectivity index (χ1) is 7.18. The van der Waals surface area contributed by atoms with Crippen molar-refractivity contribution in [2.24, 2.45) is 0 Å². The van der Waals surface area contributed by atoms with E-state index in [4.69, 9.17) is 4.74 Å². The zero-order valence-corrected chi connectivity index (χ0v) is 9.51. The first-order valence-electron chi connectivity index (χ1n) is 5.77. The summed E-state index contributed by atoms with van der Waals surface area (Å²) in [5.41, 5.74) is 2.47. The van der Waals surface area contributed by atoms with E-state index in [0.29, 0.717) is 12.2 Å². The fourth-order valence-electron chi connectivity index (χ4n) is 2.25. The summed E-state index contributed by atoms with van der Waals surface area (Å²) >= 11 is 0. The van der Waals surface area contributed by atoms with Gasteiger partial charge in [0.25, 0.3) is 0 Å². The fraction of sp³-hybridized carbons (Fsp3) is 0.615. The first kappa shape index (κ1) is 10.5. The summed E-state index contributed by atoms with van der Waals surface area (Å²) in [6.07, 6.45) is 7.36. The van der Waals surface area contributed by atoms with Crippen molar-refractivity contribution in [1.29, 1.82) is 0 Å². The van der Waals surface area contributed by atoms with Gasteiger partial charge in [-0.3, -0.25) is 4.79 Å². The van der Waals surface area contributed by atoms with Gasteiger partial charge in [0.2, 0.25) is 0 Å². The summed E-state index contributed by atoms with van der Waals surface area (Å²) in [4.78, 5) is 11.5. The van der Waals surface area contributed by atoms with E-state index in [1.165, 1.54) is 12.0 Å². The van der Waals surface area contributed by atoms with Crippen molar-refractivity contribution in [3.05, 3.63) is 23.0 Å². The molecule has 0 bridgehead atoms. The molecule has 0 amide bonds. The van der Waals surface area contributed by atoms with Crippen LogP contribution in [0.25, 0.3) is 0 Å². The molecule has 2 aliphatic carbocycles. The van der Waals surface area contributed by atoms with E-state index < -0.39 is 0 Å². The SMILES string of the molecule is CC1=C(O[C@H](C)C2=CCCC2)C(=O)CC1. The second-order valence-corrected chi connectivity index (χ2v) is 4.46. The summed E-state index contributed by atoms with van der Waals surface area (Å²) in [5.74, 6) is 0.813. The number of allylic oxidation sites excluding steroid dienone is 3. The second kappa shape index (κ2) is 4.21. The molecule has 0 aromatic heterocycles. The maximum Gasteiger partial charge on any atom is 0.197 e. The molecule has 0 aliphatic heterocycles. The lowest BCUT2D eigenvalue weighted by Gasteiger charge is -2.16. The molecule has 0 fully saturated rings.